The zero-order valence-corrected chi connectivity index (χ0v) is 17.2. The number of ether oxygens (including phenoxy) is 1. The monoisotopic (exact) mass is 381 g/mol. The Morgan fingerprint density at radius 2 is 1.32 bits per heavy atom. The normalized spacial score (nSPS) is 10.5. The highest BCUT2D eigenvalue weighted by Crippen LogP contribution is 2.27. The average Bonchev–Trinajstić information content (AvgIpc) is 2.68. The number of amides is 1. The highest BCUT2D eigenvalue weighted by molar-refractivity contribution is 6.00. The maximum absolute atomic E-state index is 13.0. The number of esters is 1. The van der Waals surface area contributed by atoms with E-state index in [-0.39, 0.29) is 18.3 Å². The van der Waals surface area contributed by atoms with Gasteiger partial charge in [-0.3, -0.25) is 14.5 Å². The van der Waals surface area contributed by atoms with E-state index in [0.717, 1.165) is 41.8 Å². The van der Waals surface area contributed by atoms with E-state index in [0.29, 0.717) is 19.4 Å². The van der Waals surface area contributed by atoms with Crippen LogP contribution in [0.4, 0.5) is 11.4 Å². The maximum atomic E-state index is 13.0. The molecule has 0 radical (unpaired) electrons. The van der Waals surface area contributed by atoms with Crippen molar-refractivity contribution in [3.8, 4) is 0 Å². The third-order valence-electron chi connectivity index (χ3n) is 4.62. The molecule has 0 saturated heterocycles. The summed E-state index contributed by atoms with van der Waals surface area (Å²) in [6.07, 6.45) is 4.11. The first kappa shape index (κ1) is 21.7. The van der Waals surface area contributed by atoms with Crippen LogP contribution in [0.5, 0.6) is 0 Å². The number of anilines is 2. The van der Waals surface area contributed by atoms with Gasteiger partial charge < -0.3 is 4.74 Å². The Labute approximate surface area is 168 Å². The third-order valence-corrected chi connectivity index (χ3v) is 4.62. The van der Waals surface area contributed by atoms with Crippen LogP contribution in [0.3, 0.4) is 0 Å². The molecule has 4 heteroatoms. The molecule has 0 aliphatic heterocycles. The number of aryl methyl sites for hydroxylation is 2. The molecule has 0 spiro atoms. The Bertz CT molecular complexity index is 705. The van der Waals surface area contributed by atoms with E-state index in [1.54, 1.807) is 4.90 Å². The van der Waals surface area contributed by atoms with Crippen molar-refractivity contribution in [2.45, 2.75) is 59.3 Å². The molecule has 0 fully saturated rings. The summed E-state index contributed by atoms with van der Waals surface area (Å²) >= 11 is 0. The lowest BCUT2D eigenvalue weighted by Crippen LogP contribution is -2.25. The van der Waals surface area contributed by atoms with Crippen LogP contribution in [-0.2, 0) is 14.3 Å². The molecular weight excluding hydrogens is 350 g/mol. The van der Waals surface area contributed by atoms with E-state index in [9.17, 15) is 9.59 Å². The molecule has 0 unspecified atom stereocenters. The second-order valence-electron chi connectivity index (χ2n) is 7.18. The number of benzene rings is 2. The standard InChI is InChI=1S/C24H31NO3/c1-4-5-6-18-28-24(27)9-7-8-23(26)25(21-14-10-19(2)11-15-21)22-16-12-20(3)13-17-22/h10-17H,4-9,18H2,1-3H3. The number of rotatable bonds is 10. The first-order valence-electron chi connectivity index (χ1n) is 10.1. The molecule has 0 N–H and O–H groups in total. The summed E-state index contributed by atoms with van der Waals surface area (Å²) in [6.45, 7) is 6.63. The Hall–Kier alpha value is -2.62. The van der Waals surface area contributed by atoms with Crippen molar-refractivity contribution >= 4 is 23.3 Å². The summed E-state index contributed by atoms with van der Waals surface area (Å²) in [6, 6.07) is 15.8. The summed E-state index contributed by atoms with van der Waals surface area (Å²) in [5.41, 5.74) is 3.96. The van der Waals surface area contributed by atoms with Crippen LogP contribution in [0.15, 0.2) is 48.5 Å². The van der Waals surface area contributed by atoms with E-state index in [2.05, 4.69) is 6.92 Å². The molecule has 0 atom stereocenters. The Balaban J connectivity index is 1.99. The number of unbranched alkanes of at least 4 members (excludes halogenated alkanes) is 2. The zero-order chi connectivity index (χ0) is 20.4. The molecule has 28 heavy (non-hydrogen) atoms. The van der Waals surface area contributed by atoms with Gasteiger partial charge in [-0.1, -0.05) is 55.2 Å². The predicted octanol–water partition coefficient (Wildman–Crippen LogP) is 5.87. The number of hydrogen-bond donors (Lipinski definition) is 0. The summed E-state index contributed by atoms with van der Waals surface area (Å²) in [4.78, 5) is 26.5. The highest BCUT2D eigenvalue weighted by Gasteiger charge is 2.18. The van der Waals surface area contributed by atoms with Gasteiger partial charge in [0.15, 0.2) is 0 Å². The fourth-order valence-corrected chi connectivity index (χ4v) is 2.93. The van der Waals surface area contributed by atoms with Crippen LogP contribution >= 0.6 is 0 Å². The predicted molar refractivity (Wildman–Crippen MR) is 114 cm³/mol. The van der Waals surface area contributed by atoms with Gasteiger partial charge in [-0.15, -0.1) is 0 Å². The molecule has 2 rings (SSSR count). The summed E-state index contributed by atoms with van der Waals surface area (Å²) < 4.78 is 5.22. The Kier molecular flexibility index (Phi) is 8.73. The fraction of sp³-hybridized carbons (Fsp3) is 0.417. The molecule has 150 valence electrons. The molecular formula is C24H31NO3. The molecule has 2 aromatic carbocycles. The fourth-order valence-electron chi connectivity index (χ4n) is 2.93. The SMILES string of the molecule is CCCCCOC(=O)CCCC(=O)N(c1ccc(C)cc1)c1ccc(C)cc1. The quantitative estimate of drug-likeness (QED) is 0.382. The molecule has 0 aliphatic carbocycles. The average molecular weight is 382 g/mol. The number of hydrogen-bond acceptors (Lipinski definition) is 3. The second-order valence-corrected chi connectivity index (χ2v) is 7.18. The molecule has 0 bridgehead atoms. The van der Waals surface area contributed by atoms with Crippen LogP contribution in [0.1, 0.15) is 56.6 Å². The van der Waals surface area contributed by atoms with E-state index in [1.165, 1.54) is 0 Å². The van der Waals surface area contributed by atoms with Gasteiger partial charge in [0.2, 0.25) is 5.91 Å². The van der Waals surface area contributed by atoms with Gasteiger partial charge in [0.25, 0.3) is 0 Å². The lowest BCUT2D eigenvalue weighted by molar-refractivity contribution is -0.143. The van der Waals surface area contributed by atoms with Gasteiger partial charge >= 0.3 is 5.97 Å². The first-order chi connectivity index (χ1) is 13.5. The van der Waals surface area contributed by atoms with E-state index in [4.69, 9.17) is 4.74 Å². The number of carbonyl (C=O) groups is 2. The van der Waals surface area contributed by atoms with Gasteiger partial charge in [-0.25, -0.2) is 0 Å². The molecule has 0 saturated carbocycles. The van der Waals surface area contributed by atoms with Crippen molar-refractivity contribution in [2.24, 2.45) is 0 Å². The molecule has 4 nitrogen and oxygen atoms in total. The molecule has 0 aliphatic rings. The summed E-state index contributed by atoms with van der Waals surface area (Å²) in [5.74, 6) is -0.243. The number of nitrogens with zero attached hydrogens (tertiary/aromatic N) is 1. The van der Waals surface area contributed by atoms with Gasteiger partial charge in [-0.2, -0.15) is 0 Å². The van der Waals surface area contributed by atoms with Crippen LogP contribution in [0.25, 0.3) is 0 Å². The minimum Gasteiger partial charge on any atom is -0.466 e. The van der Waals surface area contributed by atoms with Gasteiger partial charge in [0.1, 0.15) is 0 Å². The Morgan fingerprint density at radius 3 is 1.82 bits per heavy atom. The summed E-state index contributed by atoms with van der Waals surface area (Å²) in [5, 5.41) is 0. The van der Waals surface area contributed by atoms with Gasteiger partial charge in [0.05, 0.1) is 6.61 Å². The molecule has 2 aromatic rings. The van der Waals surface area contributed by atoms with E-state index < -0.39 is 0 Å². The molecule has 0 heterocycles. The van der Waals surface area contributed by atoms with Crippen LogP contribution < -0.4 is 4.90 Å². The van der Waals surface area contributed by atoms with Crippen molar-refractivity contribution in [3.63, 3.8) is 0 Å². The second kappa shape index (κ2) is 11.3. The third kappa shape index (κ3) is 6.84. The first-order valence-corrected chi connectivity index (χ1v) is 10.1. The largest absolute Gasteiger partial charge is 0.466 e. The van der Waals surface area contributed by atoms with Gasteiger partial charge in [0, 0.05) is 24.2 Å². The van der Waals surface area contributed by atoms with Crippen molar-refractivity contribution in [2.75, 3.05) is 11.5 Å². The molecule has 1 amide bonds. The topological polar surface area (TPSA) is 46.6 Å². The lowest BCUT2D eigenvalue weighted by atomic mass is 10.1. The Morgan fingerprint density at radius 1 is 0.786 bits per heavy atom. The van der Waals surface area contributed by atoms with E-state index in [1.807, 2.05) is 62.4 Å². The van der Waals surface area contributed by atoms with Crippen LogP contribution in [0, 0.1) is 13.8 Å². The molecule has 0 aromatic heterocycles. The van der Waals surface area contributed by atoms with E-state index >= 15 is 0 Å². The van der Waals surface area contributed by atoms with Crippen molar-refractivity contribution in [1.82, 2.24) is 0 Å². The zero-order valence-electron chi connectivity index (χ0n) is 17.2. The van der Waals surface area contributed by atoms with Crippen LogP contribution in [-0.4, -0.2) is 18.5 Å². The van der Waals surface area contributed by atoms with Crippen molar-refractivity contribution < 1.29 is 14.3 Å². The van der Waals surface area contributed by atoms with Gasteiger partial charge in [-0.05, 0) is 51.0 Å². The minimum absolute atomic E-state index is 0.0218. The van der Waals surface area contributed by atoms with Crippen molar-refractivity contribution in [1.29, 1.82) is 0 Å². The highest BCUT2D eigenvalue weighted by atomic mass is 16.5. The minimum atomic E-state index is -0.221. The van der Waals surface area contributed by atoms with Crippen LogP contribution in [0.2, 0.25) is 0 Å². The number of carbonyl (C=O) groups excluding carboxylic acids is 2. The smallest absolute Gasteiger partial charge is 0.305 e. The summed E-state index contributed by atoms with van der Waals surface area (Å²) in [7, 11) is 0. The maximum Gasteiger partial charge on any atom is 0.305 e. The lowest BCUT2D eigenvalue weighted by Gasteiger charge is -2.23. The van der Waals surface area contributed by atoms with Crippen molar-refractivity contribution in [3.05, 3.63) is 59.7 Å².